The van der Waals surface area contributed by atoms with Gasteiger partial charge in [0.05, 0.1) is 5.69 Å². The zero-order valence-corrected chi connectivity index (χ0v) is 8.98. The zero-order valence-electron chi connectivity index (χ0n) is 8.08. The molecule has 1 heterocycles. The van der Waals surface area contributed by atoms with Crippen LogP contribution in [0.4, 0.5) is 0 Å². The summed E-state index contributed by atoms with van der Waals surface area (Å²) < 4.78 is 10.9. The summed E-state index contributed by atoms with van der Waals surface area (Å²) in [5.41, 5.74) is 0.479. The Morgan fingerprint density at radius 2 is 2.07 bits per heavy atom. The third-order valence-electron chi connectivity index (χ3n) is 1.57. The monoisotopic (exact) mass is 216 g/mol. The lowest BCUT2D eigenvalue weighted by Gasteiger charge is -2.10. The van der Waals surface area contributed by atoms with Crippen molar-refractivity contribution in [2.24, 2.45) is 0 Å². The van der Waals surface area contributed by atoms with E-state index in [1.807, 2.05) is 19.0 Å². The Labute approximate surface area is 82.6 Å². The molecule has 78 valence electrons. The van der Waals surface area contributed by atoms with E-state index in [0.717, 1.165) is 0 Å². The maximum atomic E-state index is 10.9. The van der Waals surface area contributed by atoms with Gasteiger partial charge in [-0.15, -0.1) is 0 Å². The van der Waals surface area contributed by atoms with Gasteiger partial charge in [-0.05, 0) is 26.2 Å². The van der Waals surface area contributed by atoms with Crippen LogP contribution in [0.5, 0.6) is 0 Å². The molecule has 0 atom stereocenters. The Morgan fingerprint density at radius 1 is 1.43 bits per heavy atom. The van der Waals surface area contributed by atoms with Crippen LogP contribution in [0.15, 0.2) is 18.2 Å². The van der Waals surface area contributed by atoms with Crippen molar-refractivity contribution >= 4 is 13.0 Å². The summed E-state index contributed by atoms with van der Waals surface area (Å²) in [6, 6.07) is 4.67. The van der Waals surface area contributed by atoms with Gasteiger partial charge in [0.15, 0.2) is 5.44 Å². The lowest BCUT2D eigenvalue weighted by atomic mass is 10.3. The van der Waals surface area contributed by atoms with Gasteiger partial charge in [-0.25, -0.2) is 4.98 Å². The largest absolute Gasteiger partial charge is 0.374 e. The molecule has 0 aliphatic carbocycles. The second-order valence-electron chi connectivity index (χ2n) is 3.27. The Balaban J connectivity index is 2.96. The van der Waals surface area contributed by atoms with Crippen molar-refractivity contribution in [2.75, 3.05) is 14.1 Å². The smallest absolute Gasteiger partial charge is 0.320 e. The van der Waals surface area contributed by atoms with Crippen LogP contribution in [0, 0.1) is 0 Å². The van der Waals surface area contributed by atoms with Crippen molar-refractivity contribution in [3.63, 3.8) is 0 Å². The Hall–Kier alpha value is -0.740. The third kappa shape index (κ3) is 3.20. The van der Waals surface area contributed by atoms with Crippen molar-refractivity contribution in [1.82, 2.24) is 9.88 Å². The molecule has 0 saturated heterocycles. The number of rotatable bonds is 3. The fourth-order valence-electron chi connectivity index (χ4n) is 1.04. The van der Waals surface area contributed by atoms with Crippen molar-refractivity contribution in [3.05, 3.63) is 23.9 Å². The van der Waals surface area contributed by atoms with Gasteiger partial charge in [0.25, 0.3) is 0 Å². The number of hydrogen-bond acceptors (Lipinski definition) is 3. The van der Waals surface area contributed by atoms with Crippen molar-refractivity contribution in [1.29, 1.82) is 0 Å². The molecule has 0 aliphatic rings. The van der Waals surface area contributed by atoms with E-state index in [9.17, 15) is 4.57 Å². The van der Waals surface area contributed by atoms with Crippen LogP contribution in [0.25, 0.3) is 0 Å². The maximum absolute atomic E-state index is 10.9. The molecule has 0 saturated carbocycles. The summed E-state index contributed by atoms with van der Waals surface area (Å²) in [5.74, 6) is 0. The van der Waals surface area contributed by atoms with E-state index in [-0.39, 0.29) is 5.44 Å². The molecular formula is C8H13N2O3P. The minimum atomic E-state index is -4.22. The highest BCUT2D eigenvalue weighted by Gasteiger charge is 2.18. The lowest BCUT2D eigenvalue weighted by Crippen LogP contribution is -2.16. The van der Waals surface area contributed by atoms with Gasteiger partial charge in [0.2, 0.25) is 0 Å². The van der Waals surface area contributed by atoms with Crippen LogP contribution in [0.1, 0.15) is 5.69 Å². The van der Waals surface area contributed by atoms with Gasteiger partial charge in [-0.2, -0.15) is 0 Å². The van der Waals surface area contributed by atoms with Crippen molar-refractivity contribution in [3.8, 4) is 0 Å². The van der Waals surface area contributed by atoms with E-state index >= 15 is 0 Å². The third-order valence-corrected chi connectivity index (χ3v) is 2.41. The summed E-state index contributed by atoms with van der Waals surface area (Å²) in [6.07, 6.45) is 0. The molecule has 0 radical (unpaired) electrons. The summed E-state index contributed by atoms with van der Waals surface area (Å²) in [6.45, 7) is 0.563. The number of hydrogen-bond donors (Lipinski definition) is 2. The Bertz CT molecular complexity index is 361. The number of aromatic nitrogens is 1. The van der Waals surface area contributed by atoms with Crippen LogP contribution in [-0.4, -0.2) is 33.8 Å². The molecule has 0 aliphatic heterocycles. The molecule has 0 fully saturated rings. The van der Waals surface area contributed by atoms with Crippen LogP contribution in [0.3, 0.4) is 0 Å². The molecule has 5 nitrogen and oxygen atoms in total. The Morgan fingerprint density at radius 3 is 2.57 bits per heavy atom. The number of pyridine rings is 1. The molecular weight excluding hydrogens is 203 g/mol. The molecule has 1 aromatic heterocycles. The summed E-state index contributed by atoms with van der Waals surface area (Å²) in [4.78, 5) is 23.5. The van der Waals surface area contributed by atoms with E-state index in [1.165, 1.54) is 6.07 Å². The fourth-order valence-corrected chi connectivity index (χ4v) is 1.58. The molecule has 0 spiro atoms. The predicted molar refractivity (Wildman–Crippen MR) is 53.3 cm³/mol. The highest BCUT2D eigenvalue weighted by Crippen LogP contribution is 2.31. The molecule has 6 heteroatoms. The minimum Gasteiger partial charge on any atom is -0.320 e. The molecule has 0 bridgehead atoms. The van der Waals surface area contributed by atoms with Gasteiger partial charge in [-0.3, -0.25) is 4.57 Å². The van der Waals surface area contributed by atoms with E-state index < -0.39 is 7.60 Å². The Kier molecular flexibility index (Phi) is 3.39. The van der Waals surface area contributed by atoms with E-state index in [1.54, 1.807) is 12.1 Å². The highest BCUT2D eigenvalue weighted by molar-refractivity contribution is 7.60. The standard InChI is InChI=1S/C8H13N2O3P/c1-10(2)6-7-4-3-5-8(9-7)14(11,12)13/h3-5H,6H2,1-2H3,(H2,11,12,13). The van der Waals surface area contributed by atoms with Crippen molar-refractivity contribution < 1.29 is 14.4 Å². The molecule has 2 N–H and O–H groups in total. The van der Waals surface area contributed by atoms with Crippen molar-refractivity contribution in [2.45, 2.75) is 6.54 Å². The first-order valence-corrected chi connectivity index (χ1v) is 5.67. The average Bonchev–Trinajstić information content (AvgIpc) is 2.01. The normalized spacial score (nSPS) is 12.1. The van der Waals surface area contributed by atoms with Gasteiger partial charge in [-0.1, -0.05) is 6.07 Å². The number of nitrogens with zero attached hydrogens (tertiary/aromatic N) is 2. The predicted octanol–water partition coefficient (Wildman–Crippen LogP) is -0.0538. The van der Waals surface area contributed by atoms with Gasteiger partial charge in [0.1, 0.15) is 0 Å². The molecule has 0 unspecified atom stereocenters. The summed E-state index contributed by atoms with van der Waals surface area (Å²) >= 11 is 0. The van der Waals surface area contributed by atoms with Crippen LogP contribution >= 0.6 is 7.60 Å². The van der Waals surface area contributed by atoms with E-state index in [2.05, 4.69) is 4.98 Å². The van der Waals surface area contributed by atoms with Gasteiger partial charge >= 0.3 is 7.60 Å². The summed E-state index contributed by atoms with van der Waals surface area (Å²) in [5, 5.41) is 0. The molecule has 14 heavy (non-hydrogen) atoms. The maximum Gasteiger partial charge on any atom is 0.374 e. The lowest BCUT2D eigenvalue weighted by molar-refractivity contribution is 0.383. The quantitative estimate of drug-likeness (QED) is 0.693. The molecule has 1 aromatic rings. The molecule has 0 aromatic carbocycles. The minimum absolute atomic E-state index is 0.170. The first kappa shape index (κ1) is 11.3. The second-order valence-corrected chi connectivity index (χ2v) is 4.82. The summed E-state index contributed by atoms with van der Waals surface area (Å²) in [7, 11) is -0.484. The first-order valence-electron chi connectivity index (χ1n) is 4.06. The highest BCUT2D eigenvalue weighted by atomic mass is 31.2. The van der Waals surface area contributed by atoms with E-state index in [4.69, 9.17) is 9.79 Å². The molecule has 1 rings (SSSR count). The topological polar surface area (TPSA) is 73.7 Å². The second kappa shape index (κ2) is 4.19. The molecule has 0 amide bonds. The fraction of sp³-hybridized carbons (Fsp3) is 0.375. The van der Waals surface area contributed by atoms with Crippen LogP contribution in [-0.2, 0) is 11.1 Å². The van der Waals surface area contributed by atoms with Crippen LogP contribution in [0.2, 0.25) is 0 Å². The van der Waals surface area contributed by atoms with Gasteiger partial charge in [0, 0.05) is 6.54 Å². The van der Waals surface area contributed by atoms with Gasteiger partial charge < -0.3 is 14.7 Å². The zero-order chi connectivity index (χ0) is 10.8. The SMILES string of the molecule is CN(C)Cc1cccc(P(=O)(O)O)n1. The first-order chi connectivity index (χ1) is 6.39. The van der Waals surface area contributed by atoms with E-state index in [0.29, 0.717) is 12.2 Å². The van der Waals surface area contributed by atoms with Crippen LogP contribution < -0.4 is 5.44 Å². The average molecular weight is 216 g/mol.